The van der Waals surface area contributed by atoms with Crippen molar-refractivity contribution in [1.82, 2.24) is 15.0 Å². The molecule has 0 radical (unpaired) electrons. The largest absolute Gasteiger partial charge is 0.491 e. The Morgan fingerprint density at radius 3 is 1.26 bits per heavy atom. The fourth-order valence-corrected chi connectivity index (χ4v) is 8.93. The van der Waals surface area contributed by atoms with Crippen LogP contribution in [0.25, 0.3) is 0 Å². The van der Waals surface area contributed by atoms with Gasteiger partial charge in [-0.2, -0.15) is 0 Å². The van der Waals surface area contributed by atoms with E-state index in [1.807, 2.05) is 13.0 Å². The lowest BCUT2D eigenvalue weighted by atomic mass is 10.1. The summed E-state index contributed by atoms with van der Waals surface area (Å²) >= 11 is 58.6. The van der Waals surface area contributed by atoms with Crippen LogP contribution in [0.5, 0.6) is 46.3 Å². The van der Waals surface area contributed by atoms with E-state index >= 15 is 0 Å². The second-order valence-electron chi connectivity index (χ2n) is 19.7. The van der Waals surface area contributed by atoms with Crippen LogP contribution in [-0.2, 0) is 28.0 Å². The molecule has 17 nitrogen and oxygen atoms in total. The van der Waals surface area contributed by atoms with E-state index in [4.69, 9.17) is 163 Å². The number of oxime groups is 2. The van der Waals surface area contributed by atoms with Crippen molar-refractivity contribution in [2.45, 2.75) is 79.3 Å². The van der Waals surface area contributed by atoms with Gasteiger partial charge in [-0.05, 0) is 87.9 Å². The standard InChI is InChI=1S/C22H24Cl4N2O4.C21H21Cl3F2N2O4.C21H20Cl3F2NO4/c1-14-9-18(23)20(27-12-14)13-30-6-4-7-32-22-17(15(2)28-29-3)10-16(11-19(22)24)31-8-5-21(25)26;1-13(28-29)16-10-15(30-9-6-18(23)24)11-17(22)20(16)32-8-3-7-31-19-5-4-14(12-27-19)21(2,25)26;1-13(28)16-10-15(29-9-6-18(23)24)11-17(22)20(16)31-8-3-7-30-19-5-4-14(12-27-19)21(2,25)26/h5,9-12H,4,6-8,13H2,1-3H3;4-6,10-12,29H,3,7-9H2,1-2H3;4-6,10-12H,3,7-9H2,1-2H3/b28-15+;28-13+;. The van der Waals surface area contributed by atoms with Crippen LogP contribution >= 0.6 is 116 Å². The van der Waals surface area contributed by atoms with Crippen molar-refractivity contribution >= 4 is 133 Å². The van der Waals surface area contributed by atoms with Gasteiger partial charge >= 0.3 is 0 Å². The first-order chi connectivity index (χ1) is 45.0. The first-order valence-corrected chi connectivity index (χ1v) is 32.0. The van der Waals surface area contributed by atoms with Crippen molar-refractivity contribution in [2.24, 2.45) is 10.3 Å². The second kappa shape index (κ2) is 41.9. The van der Waals surface area contributed by atoms with E-state index in [1.54, 1.807) is 44.3 Å². The molecule has 516 valence electrons. The molecule has 95 heavy (non-hydrogen) atoms. The van der Waals surface area contributed by atoms with Crippen LogP contribution in [0, 0.1) is 6.92 Å². The van der Waals surface area contributed by atoms with Gasteiger partial charge in [0.05, 0.1) is 89.0 Å². The van der Waals surface area contributed by atoms with Crippen LogP contribution in [0.3, 0.4) is 0 Å². The minimum atomic E-state index is -2.96. The van der Waals surface area contributed by atoms with Gasteiger partial charge in [-0.15, -0.1) is 0 Å². The lowest BCUT2D eigenvalue weighted by Gasteiger charge is -2.15. The van der Waals surface area contributed by atoms with Crippen molar-refractivity contribution in [1.29, 1.82) is 0 Å². The van der Waals surface area contributed by atoms with E-state index in [0.29, 0.717) is 100 Å². The monoisotopic (exact) mass is 1520 g/mol. The van der Waals surface area contributed by atoms with E-state index in [-0.39, 0.29) is 115 Å². The summed E-state index contributed by atoms with van der Waals surface area (Å²) in [5, 5.41) is 17.8. The van der Waals surface area contributed by atoms with E-state index < -0.39 is 11.8 Å². The molecule has 0 aliphatic carbocycles. The lowest BCUT2D eigenvalue weighted by molar-refractivity contribution is 0.0163. The molecule has 31 heteroatoms. The summed E-state index contributed by atoms with van der Waals surface area (Å²) < 4.78 is 104. The number of aromatic nitrogens is 3. The Labute approximate surface area is 597 Å². The molecule has 3 aromatic heterocycles. The number of aryl methyl sites for hydroxylation is 1. The van der Waals surface area contributed by atoms with Crippen molar-refractivity contribution in [3.8, 4) is 46.3 Å². The Hall–Kier alpha value is -6.08. The number of hydrogen-bond donors (Lipinski definition) is 1. The van der Waals surface area contributed by atoms with Gasteiger partial charge in [-0.25, -0.2) is 27.5 Å². The van der Waals surface area contributed by atoms with Crippen LogP contribution in [0.15, 0.2) is 127 Å². The van der Waals surface area contributed by atoms with Crippen molar-refractivity contribution < 1.29 is 75.0 Å². The smallest absolute Gasteiger partial charge is 0.272 e. The highest BCUT2D eigenvalue weighted by Crippen LogP contribution is 2.38. The lowest BCUT2D eigenvalue weighted by Crippen LogP contribution is -2.10. The number of benzene rings is 3. The Morgan fingerprint density at radius 1 is 0.516 bits per heavy atom. The fourth-order valence-electron chi connectivity index (χ4n) is 7.48. The van der Waals surface area contributed by atoms with Crippen LogP contribution in [0.4, 0.5) is 17.6 Å². The zero-order chi connectivity index (χ0) is 70.3. The summed E-state index contributed by atoms with van der Waals surface area (Å²) in [7, 11) is 1.46. The number of ether oxygens (including phenoxy) is 9. The zero-order valence-electron chi connectivity index (χ0n) is 52.0. The second-order valence-corrected chi connectivity index (χ2v) is 24.4. The number of ketones is 1. The van der Waals surface area contributed by atoms with Crippen LogP contribution in [-0.4, -0.2) is 104 Å². The highest BCUT2D eigenvalue weighted by atomic mass is 35.5. The van der Waals surface area contributed by atoms with E-state index in [2.05, 4.69) is 25.3 Å². The molecule has 0 fully saturated rings. The predicted octanol–water partition coefficient (Wildman–Crippen LogP) is 19.9. The maximum Gasteiger partial charge on any atom is 0.272 e. The number of halogens is 14. The predicted molar refractivity (Wildman–Crippen MR) is 366 cm³/mol. The third-order valence-corrected chi connectivity index (χ3v) is 14.2. The van der Waals surface area contributed by atoms with Gasteiger partial charge in [0.2, 0.25) is 11.8 Å². The molecule has 0 aliphatic rings. The summed E-state index contributed by atoms with van der Waals surface area (Å²) in [4.78, 5) is 28.9. The average molecular weight is 1530 g/mol. The first kappa shape index (κ1) is 81.3. The average Bonchev–Trinajstić information content (AvgIpc) is 0.843. The Bertz CT molecular complexity index is 3590. The Kier molecular flexibility index (Phi) is 35.9. The van der Waals surface area contributed by atoms with Gasteiger partial charge in [-0.3, -0.25) is 9.78 Å². The highest BCUT2D eigenvalue weighted by Gasteiger charge is 2.26. The van der Waals surface area contributed by atoms with Gasteiger partial charge in [-0.1, -0.05) is 126 Å². The molecule has 6 rings (SSSR count). The molecular weight excluding hydrogens is 1460 g/mol. The van der Waals surface area contributed by atoms with Gasteiger partial charge in [0.15, 0.2) is 5.78 Å². The fraction of sp³-hybridized carbons (Fsp3) is 0.344. The SMILES string of the molecule is C/C(=N\O)c1cc(OCC=C(Cl)Cl)cc(Cl)c1OCCCOc1ccc(C(C)(F)F)cn1.CC(=O)c1cc(OCC=C(Cl)Cl)cc(Cl)c1OCCCOc1ccc(C(C)(F)F)cn1.CO/N=C(\C)c1cc(OCC=C(Cl)Cl)cc(Cl)c1OCCCOCc1ncc(C)cc1Cl. The van der Waals surface area contributed by atoms with Gasteiger partial charge in [0.25, 0.3) is 11.8 Å². The number of rotatable bonds is 34. The molecule has 0 saturated heterocycles. The maximum absolute atomic E-state index is 13.2. The number of hydrogen-bond acceptors (Lipinski definition) is 17. The van der Waals surface area contributed by atoms with Crippen LogP contribution in [0.1, 0.15) is 97.8 Å². The summed E-state index contributed by atoms with van der Waals surface area (Å²) in [6, 6.07) is 16.8. The molecule has 0 saturated carbocycles. The van der Waals surface area contributed by atoms with E-state index in [0.717, 1.165) is 31.8 Å². The van der Waals surface area contributed by atoms with Crippen molar-refractivity contribution in [3.63, 3.8) is 0 Å². The van der Waals surface area contributed by atoms with Crippen molar-refractivity contribution in [3.05, 3.63) is 176 Å². The third kappa shape index (κ3) is 30.1. The molecule has 0 bridgehead atoms. The normalized spacial score (nSPS) is 11.4. The third-order valence-electron chi connectivity index (χ3n) is 12.1. The number of carbonyl (C=O) groups excluding carboxylic acids is 1. The molecule has 0 aliphatic heterocycles. The molecule has 0 spiro atoms. The molecule has 0 atom stereocenters. The molecule has 0 unspecified atom stereocenters. The van der Waals surface area contributed by atoms with Crippen LogP contribution in [0.2, 0.25) is 20.1 Å². The number of alkyl halides is 4. The number of nitrogens with zero attached hydrogens (tertiary/aromatic N) is 5. The molecule has 3 aromatic carbocycles. The maximum atomic E-state index is 13.2. The minimum Gasteiger partial charge on any atom is -0.491 e. The topological polar surface area (TPSA) is 193 Å². The summed E-state index contributed by atoms with van der Waals surface area (Å²) in [6.07, 6.45) is 9.88. The van der Waals surface area contributed by atoms with Crippen LogP contribution < -0.4 is 37.9 Å². The summed E-state index contributed by atoms with van der Waals surface area (Å²) in [5.41, 5.74) is 3.53. The molecule has 3 heterocycles. The Morgan fingerprint density at radius 2 is 0.905 bits per heavy atom. The molecular formula is C64H65Cl10F4N5O12. The van der Waals surface area contributed by atoms with E-state index in [9.17, 15) is 27.6 Å². The number of Topliss-reactive ketones (excluding diaryl/α,β-unsaturated/α-hetero) is 1. The molecule has 6 aromatic rings. The minimum absolute atomic E-state index is 0.0644. The number of carbonyl (C=O) groups is 1. The van der Waals surface area contributed by atoms with Gasteiger partial charge < -0.3 is 52.7 Å². The highest BCUT2D eigenvalue weighted by molar-refractivity contribution is 6.56. The Balaban J connectivity index is 0.000000303. The molecule has 1 N–H and O–H groups in total. The van der Waals surface area contributed by atoms with Gasteiger partial charge in [0.1, 0.15) is 74.9 Å². The van der Waals surface area contributed by atoms with Gasteiger partial charge in [0, 0.05) is 104 Å². The summed E-state index contributed by atoms with van der Waals surface area (Å²) in [6.45, 7) is 10.8. The van der Waals surface area contributed by atoms with Crippen molar-refractivity contribution in [2.75, 3.05) is 66.6 Å². The number of pyridine rings is 3. The zero-order valence-corrected chi connectivity index (χ0v) is 59.5. The quantitative estimate of drug-likeness (QED) is 0.0100. The summed E-state index contributed by atoms with van der Waals surface area (Å²) in [5.74, 6) is -3.40. The molecule has 0 amide bonds. The van der Waals surface area contributed by atoms with E-state index in [1.165, 1.54) is 68.7 Å². The first-order valence-electron chi connectivity index (χ1n) is 28.2.